The quantitative estimate of drug-likeness (QED) is 0.136. The molecular formula is C45H40N2O3S. The summed E-state index contributed by atoms with van der Waals surface area (Å²) in [5.74, 6) is 2.45. The minimum Gasteiger partial charge on any atom is -0.495 e. The van der Waals surface area contributed by atoms with Gasteiger partial charge in [0.25, 0.3) is 0 Å². The summed E-state index contributed by atoms with van der Waals surface area (Å²) in [6.45, 7) is 6.85. The number of ether oxygens (including phenoxy) is 2. The van der Waals surface area contributed by atoms with Crippen molar-refractivity contribution >= 4 is 10.8 Å². The summed E-state index contributed by atoms with van der Waals surface area (Å²) in [5.41, 5.74) is 11.0. The van der Waals surface area contributed by atoms with E-state index in [0.717, 1.165) is 78.2 Å². The SMILES string of the molecule is CCc1c(COc2ccc(-c3cc(C)cc(-c4ccccc4)c3OC)cc2)ccc(C)c1-n1ccnc1-c1cccc(S(=O)c2ccccc2)c1. The molecule has 0 aliphatic heterocycles. The average Bonchev–Trinajstić information content (AvgIpc) is 3.67. The Labute approximate surface area is 302 Å². The van der Waals surface area contributed by atoms with Crippen molar-refractivity contribution in [2.45, 2.75) is 43.6 Å². The van der Waals surface area contributed by atoms with Crippen molar-refractivity contribution in [2.75, 3.05) is 7.11 Å². The number of hydrogen-bond donors (Lipinski definition) is 0. The van der Waals surface area contributed by atoms with E-state index in [1.165, 1.54) is 11.1 Å². The molecule has 0 aliphatic rings. The summed E-state index contributed by atoms with van der Waals surface area (Å²) in [4.78, 5) is 6.29. The predicted octanol–water partition coefficient (Wildman–Crippen LogP) is 10.8. The fraction of sp³-hybridized carbons (Fsp3) is 0.133. The Balaban J connectivity index is 1.15. The van der Waals surface area contributed by atoms with Gasteiger partial charge in [-0.3, -0.25) is 4.57 Å². The highest BCUT2D eigenvalue weighted by atomic mass is 32.2. The highest BCUT2D eigenvalue weighted by molar-refractivity contribution is 7.85. The van der Waals surface area contributed by atoms with E-state index in [0.29, 0.717) is 6.61 Å². The summed E-state index contributed by atoms with van der Waals surface area (Å²) in [7, 11) is 0.444. The zero-order valence-corrected chi connectivity index (χ0v) is 30.1. The zero-order valence-electron chi connectivity index (χ0n) is 29.3. The molecule has 254 valence electrons. The fourth-order valence-electron chi connectivity index (χ4n) is 6.72. The largest absolute Gasteiger partial charge is 0.495 e. The zero-order chi connectivity index (χ0) is 35.3. The van der Waals surface area contributed by atoms with Crippen LogP contribution in [0.25, 0.3) is 39.3 Å². The maximum atomic E-state index is 13.4. The third kappa shape index (κ3) is 7.01. The number of imidazole rings is 1. The van der Waals surface area contributed by atoms with E-state index in [2.05, 4.69) is 73.9 Å². The number of methoxy groups -OCH3 is 1. The first-order valence-electron chi connectivity index (χ1n) is 17.1. The molecule has 1 heterocycles. The van der Waals surface area contributed by atoms with Gasteiger partial charge in [0.05, 0.1) is 23.6 Å². The highest BCUT2D eigenvalue weighted by Gasteiger charge is 2.18. The number of aromatic nitrogens is 2. The third-order valence-corrected chi connectivity index (χ3v) is 10.5. The van der Waals surface area contributed by atoms with Crippen molar-refractivity contribution in [2.24, 2.45) is 0 Å². The van der Waals surface area contributed by atoms with Crippen molar-refractivity contribution in [1.82, 2.24) is 9.55 Å². The van der Waals surface area contributed by atoms with Crippen molar-refractivity contribution in [1.29, 1.82) is 0 Å². The maximum absolute atomic E-state index is 13.4. The molecule has 0 fully saturated rings. The molecule has 1 unspecified atom stereocenters. The molecule has 7 aromatic rings. The molecule has 1 aromatic heterocycles. The molecule has 5 nitrogen and oxygen atoms in total. The van der Waals surface area contributed by atoms with Gasteiger partial charge < -0.3 is 9.47 Å². The molecule has 6 heteroatoms. The van der Waals surface area contributed by atoms with Gasteiger partial charge in [-0.1, -0.05) is 91.9 Å². The third-order valence-electron chi connectivity index (χ3n) is 9.16. The first kappa shape index (κ1) is 33.8. The van der Waals surface area contributed by atoms with Crippen LogP contribution in [0.4, 0.5) is 0 Å². The van der Waals surface area contributed by atoms with Crippen LogP contribution < -0.4 is 9.47 Å². The maximum Gasteiger partial charge on any atom is 0.144 e. The molecule has 0 saturated heterocycles. The first-order valence-corrected chi connectivity index (χ1v) is 18.3. The Morgan fingerprint density at radius 2 is 1.35 bits per heavy atom. The van der Waals surface area contributed by atoms with Crippen LogP contribution in [0.2, 0.25) is 0 Å². The summed E-state index contributed by atoms with van der Waals surface area (Å²) in [6.07, 6.45) is 4.65. The average molecular weight is 689 g/mol. The minimum atomic E-state index is -1.29. The number of aryl methyl sites for hydroxylation is 2. The molecule has 6 aromatic carbocycles. The topological polar surface area (TPSA) is 53.4 Å². The van der Waals surface area contributed by atoms with E-state index in [-0.39, 0.29) is 0 Å². The van der Waals surface area contributed by atoms with Crippen LogP contribution in [-0.4, -0.2) is 20.9 Å². The molecule has 0 spiro atoms. The first-order chi connectivity index (χ1) is 24.9. The predicted molar refractivity (Wildman–Crippen MR) is 207 cm³/mol. The lowest BCUT2D eigenvalue weighted by molar-refractivity contribution is 0.305. The van der Waals surface area contributed by atoms with E-state index >= 15 is 0 Å². The van der Waals surface area contributed by atoms with Crippen LogP contribution in [0, 0.1) is 13.8 Å². The van der Waals surface area contributed by atoms with E-state index in [9.17, 15) is 4.21 Å². The molecule has 0 amide bonds. The Kier molecular flexibility index (Phi) is 9.95. The van der Waals surface area contributed by atoms with Crippen molar-refractivity contribution < 1.29 is 13.7 Å². The van der Waals surface area contributed by atoms with Crippen molar-refractivity contribution in [3.63, 3.8) is 0 Å². The molecule has 7 rings (SSSR count). The van der Waals surface area contributed by atoms with Crippen LogP contribution in [0.5, 0.6) is 11.5 Å². The molecular weight excluding hydrogens is 649 g/mol. The van der Waals surface area contributed by atoms with Gasteiger partial charge in [0.2, 0.25) is 0 Å². The summed E-state index contributed by atoms with van der Waals surface area (Å²) in [6, 6.07) is 44.7. The van der Waals surface area contributed by atoms with E-state index in [4.69, 9.17) is 14.5 Å². The monoisotopic (exact) mass is 688 g/mol. The Hall–Kier alpha value is -5.72. The Bertz CT molecular complexity index is 2310. The van der Waals surface area contributed by atoms with Crippen LogP contribution in [0.1, 0.15) is 29.2 Å². The van der Waals surface area contributed by atoms with Crippen molar-refractivity contribution in [3.05, 3.63) is 168 Å². The van der Waals surface area contributed by atoms with Gasteiger partial charge in [0.15, 0.2) is 0 Å². The molecule has 0 aliphatic carbocycles. The van der Waals surface area contributed by atoms with Gasteiger partial charge in [-0.2, -0.15) is 0 Å². The normalized spacial score (nSPS) is 11.7. The van der Waals surface area contributed by atoms with Gasteiger partial charge in [-0.15, -0.1) is 0 Å². The van der Waals surface area contributed by atoms with Gasteiger partial charge in [-0.25, -0.2) is 9.19 Å². The van der Waals surface area contributed by atoms with Crippen LogP contribution in [-0.2, 0) is 23.8 Å². The molecule has 0 bridgehead atoms. The van der Waals surface area contributed by atoms with Gasteiger partial charge in [0, 0.05) is 38.9 Å². The number of nitrogens with zero attached hydrogens (tertiary/aromatic N) is 2. The fourth-order valence-corrected chi connectivity index (χ4v) is 7.83. The van der Waals surface area contributed by atoms with E-state index < -0.39 is 10.8 Å². The second-order valence-corrected chi connectivity index (χ2v) is 14.0. The minimum absolute atomic E-state index is 0.428. The lowest BCUT2D eigenvalue weighted by Gasteiger charge is -2.20. The Morgan fingerprint density at radius 3 is 2.04 bits per heavy atom. The number of rotatable bonds is 11. The van der Waals surface area contributed by atoms with Gasteiger partial charge >= 0.3 is 0 Å². The molecule has 1 atom stereocenters. The second kappa shape index (κ2) is 15.0. The van der Waals surface area contributed by atoms with Crippen LogP contribution >= 0.6 is 0 Å². The lowest BCUT2D eigenvalue weighted by Crippen LogP contribution is -2.08. The lowest BCUT2D eigenvalue weighted by atomic mass is 9.95. The molecule has 0 N–H and O–H groups in total. The highest BCUT2D eigenvalue weighted by Crippen LogP contribution is 2.40. The smallest absolute Gasteiger partial charge is 0.144 e. The second-order valence-electron chi connectivity index (χ2n) is 12.5. The van der Waals surface area contributed by atoms with Crippen LogP contribution in [0.3, 0.4) is 0 Å². The molecule has 0 radical (unpaired) electrons. The standard InChI is InChI=1S/C45H40N2O3S/c1-5-40-36(30-50-37-23-21-34(22-24-37)42-28-31(2)27-41(44(42)49-4)33-13-8-6-9-14-33)20-19-32(3)43(40)47-26-25-46-45(47)35-15-12-18-39(29-35)51(48)38-16-10-7-11-17-38/h6-29H,5,30H2,1-4H3. The number of hydrogen-bond acceptors (Lipinski definition) is 4. The Morgan fingerprint density at radius 1 is 0.706 bits per heavy atom. The number of benzene rings is 6. The summed E-state index contributed by atoms with van der Waals surface area (Å²) in [5, 5.41) is 0. The van der Waals surface area contributed by atoms with Gasteiger partial charge in [-0.05, 0) is 102 Å². The molecule has 51 heavy (non-hydrogen) atoms. The van der Waals surface area contributed by atoms with Crippen molar-refractivity contribution in [3.8, 4) is 50.8 Å². The summed E-state index contributed by atoms with van der Waals surface area (Å²) >= 11 is 0. The summed E-state index contributed by atoms with van der Waals surface area (Å²) < 4.78 is 27.9. The molecule has 0 saturated carbocycles. The van der Waals surface area contributed by atoms with Crippen LogP contribution in [0.15, 0.2) is 156 Å². The van der Waals surface area contributed by atoms with E-state index in [1.54, 1.807) is 7.11 Å². The van der Waals surface area contributed by atoms with Gasteiger partial charge in [0.1, 0.15) is 23.9 Å². The van der Waals surface area contributed by atoms with E-state index in [1.807, 2.05) is 97.3 Å².